The molecule has 0 radical (unpaired) electrons. The molecule has 0 aromatic carbocycles. The Kier molecular flexibility index (Phi) is 3.01. The average Bonchev–Trinajstić information content (AvgIpc) is 2.56. The van der Waals surface area contributed by atoms with Crippen molar-refractivity contribution in [2.45, 2.75) is 32.6 Å². The maximum atomic E-state index is 9.01. The van der Waals surface area contributed by atoms with Crippen molar-refractivity contribution >= 4 is 11.8 Å². The summed E-state index contributed by atoms with van der Waals surface area (Å²) >= 11 is 1.89. The van der Waals surface area contributed by atoms with Gasteiger partial charge in [0.15, 0.2) is 5.69 Å². The molecule has 0 amide bonds. The maximum Gasteiger partial charge on any atom is 0.166 e. The van der Waals surface area contributed by atoms with Gasteiger partial charge in [-0.1, -0.05) is 13.8 Å². The van der Waals surface area contributed by atoms with Crippen molar-refractivity contribution < 1.29 is 0 Å². The number of nitriles is 1. The number of aromatic nitrogens is 2. The van der Waals surface area contributed by atoms with Crippen LogP contribution in [0.25, 0.3) is 0 Å². The minimum Gasteiger partial charge on any atom is -0.268 e. The molecular weight excluding hydrogens is 206 g/mol. The molecule has 1 aliphatic heterocycles. The fraction of sp³-hybridized carbons (Fsp3) is 0.636. The highest BCUT2D eigenvalue weighted by atomic mass is 32.2. The first-order chi connectivity index (χ1) is 7.22. The number of rotatable bonds is 2. The van der Waals surface area contributed by atoms with Gasteiger partial charge in [-0.25, -0.2) is 0 Å². The summed E-state index contributed by atoms with van der Waals surface area (Å²) in [6.07, 6.45) is 1.06. The number of fused-ring (bicyclic) bond motifs is 1. The highest BCUT2D eigenvalue weighted by Crippen LogP contribution is 2.27. The van der Waals surface area contributed by atoms with E-state index >= 15 is 0 Å². The molecule has 2 heterocycles. The Balaban J connectivity index is 2.39. The number of hydrogen-bond acceptors (Lipinski definition) is 3. The lowest BCUT2D eigenvalue weighted by Gasteiger charge is -2.14. The van der Waals surface area contributed by atoms with E-state index < -0.39 is 0 Å². The summed E-state index contributed by atoms with van der Waals surface area (Å²) in [5.41, 5.74) is 3.10. The second kappa shape index (κ2) is 4.28. The third-order valence-corrected chi connectivity index (χ3v) is 3.53. The van der Waals surface area contributed by atoms with Gasteiger partial charge in [-0.05, 0) is 18.1 Å². The van der Waals surface area contributed by atoms with Crippen molar-refractivity contribution in [1.82, 2.24) is 9.78 Å². The summed E-state index contributed by atoms with van der Waals surface area (Å²) in [5.74, 6) is 2.69. The molecular formula is C11H15N3S. The fourth-order valence-electron chi connectivity index (χ4n) is 1.90. The van der Waals surface area contributed by atoms with E-state index in [9.17, 15) is 0 Å². The first kappa shape index (κ1) is 10.6. The van der Waals surface area contributed by atoms with E-state index in [-0.39, 0.29) is 0 Å². The van der Waals surface area contributed by atoms with Gasteiger partial charge in [0.05, 0.1) is 0 Å². The Bertz CT molecular complexity index is 401. The zero-order valence-electron chi connectivity index (χ0n) is 9.16. The zero-order chi connectivity index (χ0) is 10.8. The highest BCUT2D eigenvalue weighted by Gasteiger charge is 2.20. The average molecular weight is 221 g/mol. The van der Waals surface area contributed by atoms with Crippen LogP contribution in [0, 0.1) is 17.2 Å². The minimum atomic E-state index is 0.579. The Morgan fingerprint density at radius 3 is 3.07 bits per heavy atom. The summed E-state index contributed by atoms with van der Waals surface area (Å²) < 4.78 is 2.04. The molecule has 2 rings (SSSR count). The van der Waals surface area contributed by atoms with Gasteiger partial charge in [0.2, 0.25) is 0 Å². The zero-order valence-corrected chi connectivity index (χ0v) is 9.97. The lowest BCUT2D eigenvalue weighted by molar-refractivity contribution is 0.469. The molecule has 0 atom stereocenters. The van der Waals surface area contributed by atoms with Gasteiger partial charge in [0.1, 0.15) is 6.07 Å². The van der Waals surface area contributed by atoms with Crippen LogP contribution < -0.4 is 0 Å². The van der Waals surface area contributed by atoms with Gasteiger partial charge >= 0.3 is 0 Å². The van der Waals surface area contributed by atoms with Crippen molar-refractivity contribution in [2.24, 2.45) is 5.92 Å². The van der Waals surface area contributed by atoms with Crippen molar-refractivity contribution in [2.75, 3.05) is 5.75 Å². The third kappa shape index (κ3) is 2.03. The van der Waals surface area contributed by atoms with E-state index in [2.05, 4.69) is 25.0 Å². The van der Waals surface area contributed by atoms with Gasteiger partial charge in [-0.2, -0.15) is 22.1 Å². The summed E-state index contributed by atoms with van der Waals surface area (Å²) in [5, 5.41) is 13.4. The van der Waals surface area contributed by atoms with Gasteiger partial charge < -0.3 is 0 Å². The van der Waals surface area contributed by atoms with Crippen LogP contribution in [0.2, 0.25) is 0 Å². The molecule has 0 saturated carbocycles. The fourth-order valence-corrected chi connectivity index (χ4v) is 2.88. The lowest BCUT2D eigenvalue weighted by Crippen LogP contribution is -2.12. The van der Waals surface area contributed by atoms with E-state index in [0.29, 0.717) is 11.6 Å². The molecule has 15 heavy (non-hydrogen) atoms. The number of nitrogens with zero attached hydrogens (tertiary/aromatic N) is 3. The van der Waals surface area contributed by atoms with Gasteiger partial charge in [0.25, 0.3) is 0 Å². The Morgan fingerprint density at radius 2 is 2.40 bits per heavy atom. The van der Waals surface area contributed by atoms with E-state index in [1.807, 2.05) is 16.4 Å². The summed E-state index contributed by atoms with van der Waals surface area (Å²) in [7, 11) is 0. The molecule has 1 aromatic rings. The van der Waals surface area contributed by atoms with E-state index in [4.69, 9.17) is 5.26 Å². The molecule has 0 saturated heterocycles. The third-order valence-electron chi connectivity index (χ3n) is 2.54. The number of thioether (sulfide) groups is 1. The maximum absolute atomic E-state index is 9.01. The Hall–Kier alpha value is -0.950. The molecule has 3 nitrogen and oxygen atoms in total. The molecule has 0 aliphatic carbocycles. The van der Waals surface area contributed by atoms with Crippen LogP contribution in [0.15, 0.2) is 0 Å². The van der Waals surface area contributed by atoms with E-state index in [0.717, 1.165) is 24.5 Å². The summed E-state index contributed by atoms with van der Waals surface area (Å²) in [4.78, 5) is 0. The molecule has 4 heteroatoms. The molecule has 0 fully saturated rings. The first-order valence-corrected chi connectivity index (χ1v) is 6.44. The van der Waals surface area contributed by atoms with Crippen LogP contribution in [0.1, 0.15) is 30.8 Å². The second-order valence-electron chi connectivity index (χ2n) is 4.26. The topological polar surface area (TPSA) is 41.6 Å². The molecule has 0 spiro atoms. The van der Waals surface area contributed by atoms with Crippen LogP contribution in [-0.4, -0.2) is 15.5 Å². The molecule has 80 valence electrons. The monoisotopic (exact) mass is 221 g/mol. The minimum absolute atomic E-state index is 0.579. The van der Waals surface area contributed by atoms with E-state index in [1.54, 1.807) is 0 Å². The van der Waals surface area contributed by atoms with Gasteiger partial charge in [-0.3, -0.25) is 4.68 Å². The molecule has 0 N–H and O–H groups in total. The first-order valence-electron chi connectivity index (χ1n) is 5.28. The standard InChI is InChI=1S/C11H15N3S/c1-8(2)6-14-11-3-4-15-7-9(11)10(5-12)13-14/h8H,3-4,6-7H2,1-2H3. The van der Waals surface area contributed by atoms with Crippen LogP contribution in [-0.2, 0) is 18.7 Å². The van der Waals surface area contributed by atoms with Crippen molar-refractivity contribution in [3.63, 3.8) is 0 Å². The van der Waals surface area contributed by atoms with Crippen LogP contribution in [0.4, 0.5) is 0 Å². The molecule has 1 aromatic heterocycles. The van der Waals surface area contributed by atoms with Crippen molar-refractivity contribution in [1.29, 1.82) is 5.26 Å². The predicted octanol–water partition coefficient (Wildman–Crippen LogP) is 2.20. The molecule has 0 bridgehead atoms. The van der Waals surface area contributed by atoms with Crippen LogP contribution in [0.5, 0.6) is 0 Å². The Morgan fingerprint density at radius 1 is 1.60 bits per heavy atom. The molecule has 1 aliphatic rings. The highest BCUT2D eigenvalue weighted by molar-refractivity contribution is 7.98. The van der Waals surface area contributed by atoms with Gasteiger partial charge in [0, 0.05) is 23.6 Å². The smallest absolute Gasteiger partial charge is 0.166 e. The van der Waals surface area contributed by atoms with Crippen LogP contribution in [0.3, 0.4) is 0 Å². The van der Waals surface area contributed by atoms with Crippen LogP contribution >= 0.6 is 11.8 Å². The second-order valence-corrected chi connectivity index (χ2v) is 5.37. The van der Waals surface area contributed by atoms with Gasteiger partial charge in [-0.15, -0.1) is 0 Å². The predicted molar refractivity (Wildman–Crippen MR) is 61.6 cm³/mol. The summed E-state index contributed by atoms with van der Waals surface area (Å²) in [6, 6.07) is 2.20. The molecule has 0 unspecified atom stereocenters. The SMILES string of the molecule is CC(C)Cn1nc(C#N)c2c1CCSC2. The van der Waals surface area contributed by atoms with Crippen molar-refractivity contribution in [3.05, 3.63) is 17.0 Å². The van der Waals surface area contributed by atoms with E-state index in [1.165, 1.54) is 11.3 Å². The largest absolute Gasteiger partial charge is 0.268 e. The number of hydrogen-bond donors (Lipinski definition) is 0. The van der Waals surface area contributed by atoms with Crippen molar-refractivity contribution in [3.8, 4) is 6.07 Å². The summed E-state index contributed by atoms with van der Waals surface area (Å²) in [6.45, 7) is 5.28. The lowest BCUT2D eigenvalue weighted by atomic mass is 10.1. The quantitative estimate of drug-likeness (QED) is 0.768. The normalized spacial score (nSPS) is 15.1. The Labute approximate surface area is 94.5 Å².